The lowest BCUT2D eigenvalue weighted by Crippen LogP contribution is -2.49. The fourth-order valence-electron chi connectivity index (χ4n) is 2.93. The fraction of sp³-hybridized carbons (Fsp3) is 0.625. The van der Waals surface area contributed by atoms with E-state index < -0.39 is 5.54 Å². The van der Waals surface area contributed by atoms with Crippen LogP contribution >= 0.6 is 11.3 Å². The van der Waals surface area contributed by atoms with Gasteiger partial charge in [-0.1, -0.05) is 20.3 Å². The van der Waals surface area contributed by atoms with Gasteiger partial charge in [-0.3, -0.25) is 4.79 Å². The van der Waals surface area contributed by atoms with Gasteiger partial charge in [0.25, 0.3) is 5.91 Å². The number of nitrogens with zero attached hydrogens (tertiary/aromatic N) is 1. The molecule has 1 fully saturated rings. The summed E-state index contributed by atoms with van der Waals surface area (Å²) in [6.45, 7) is 4.24. The SMILES string of the molecule is CCc1ccsc1C(=O)NC1(C#N)CCC(CC)CC1. The third kappa shape index (κ3) is 3.04. The van der Waals surface area contributed by atoms with Crippen molar-refractivity contribution < 1.29 is 4.79 Å². The lowest BCUT2D eigenvalue weighted by atomic mass is 9.76. The molecule has 4 heteroatoms. The van der Waals surface area contributed by atoms with Crippen LogP contribution in [0.2, 0.25) is 0 Å². The minimum absolute atomic E-state index is 0.0756. The molecule has 3 nitrogen and oxygen atoms in total. The maximum Gasteiger partial charge on any atom is 0.262 e. The molecule has 0 spiro atoms. The Bertz CT molecular complexity index is 507. The van der Waals surface area contributed by atoms with Crippen molar-refractivity contribution in [3.8, 4) is 6.07 Å². The molecule has 1 aromatic heterocycles. The second kappa shape index (κ2) is 6.41. The molecule has 20 heavy (non-hydrogen) atoms. The molecule has 1 amide bonds. The first kappa shape index (κ1) is 15.1. The zero-order chi connectivity index (χ0) is 14.6. The normalized spacial score (nSPS) is 25.9. The highest BCUT2D eigenvalue weighted by molar-refractivity contribution is 7.12. The van der Waals surface area contributed by atoms with Crippen molar-refractivity contribution in [2.45, 2.75) is 57.9 Å². The molecule has 0 bridgehead atoms. The molecule has 1 aliphatic rings. The summed E-state index contributed by atoms with van der Waals surface area (Å²) in [5, 5.41) is 14.5. The smallest absolute Gasteiger partial charge is 0.262 e. The monoisotopic (exact) mass is 290 g/mol. The molecule has 0 atom stereocenters. The molecule has 0 radical (unpaired) electrons. The van der Waals surface area contributed by atoms with Crippen LogP contribution in [0.1, 0.15) is 61.2 Å². The number of nitriles is 1. The number of thiophene rings is 1. The van der Waals surface area contributed by atoms with E-state index in [1.54, 1.807) is 0 Å². The average molecular weight is 290 g/mol. The third-order valence-electron chi connectivity index (χ3n) is 4.44. The molecule has 0 unspecified atom stereocenters. The Morgan fingerprint density at radius 2 is 2.20 bits per heavy atom. The second-order valence-electron chi connectivity index (χ2n) is 5.63. The van der Waals surface area contributed by atoms with E-state index in [2.05, 4.69) is 18.3 Å². The first-order valence-electron chi connectivity index (χ1n) is 7.44. The Balaban J connectivity index is 2.08. The van der Waals surface area contributed by atoms with E-state index >= 15 is 0 Å². The van der Waals surface area contributed by atoms with Crippen molar-refractivity contribution in [3.63, 3.8) is 0 Å². The highest BCUT2D eigenvalue weighted by Crippen LogP contribution is 2.34. The van der Waals surface area contributed by atoms with Gasteiger partial charge in [-0.05, 0) is 55.0 Å². The topological polar surface area (TPSA) is 52.9 Å². The largest absolute Gasteiger partial charge is 0.333 e. The van der Waals surface area contributed by atoms with Crippen LogP contribution in [0.3, 0.4) is 0 Å². The molecule has 2 rings (SSSR count). The third-order valence-corrected chi connectivity index (χ3v) is 5.39. The van der Waals surface area contributed by atoms with Crippen LogP contribution in [0.4, 0.5) is 0 Å². The van der Waals surface area contributed by atoms with Gasteiger partial charge in [-0.15, -0.1) is 11.3 Å². The Kier molecular flexibility index (Phi) is 4.82. The minimum Gasteiger partial charge on any atom is -0.333 e. The van der Waals surface area contributed by atoms with Crippen molar-refractivity contribution in [1.82, 2.24) is 5.32 Å². The average Bonchev–Trinajstić information content (AvgIpc) is 2.96. The standard InChI is InChI=1S/C16H22N2OS/c1-3-12-5-8-16(11-17,9-6-12)18-15(19)14-13(4-2)7-10-20-14/h7,10,12H,3-6,8-9H2,1-2H3,(H,18,19). The lowest BCUT2D eigenvalue weighted by Gasteiger charge is -2.35. The molecular formula is C16H22N2OS. The van der Waals surface area contributed by atoms with Gasteiger partial charge in [0, 0.05) is 0 Å². The van der Waals surface area contributed by atoms with Crippen molar-refractivity contribution in [1.29, 1.82) is 5.26 Å². The summed E-state index contributed by atoms with van der Waals surface area (Å²) in [6, 6.07) is 4.36. The van der Waals surface area contributed by atoms with Gasteiger partial charge in [-0.2, -0.15) is 5.26 Å². The first-order valence-corrected chi connectivity index (χ1v) is 8.32. The van der Waals surface area contributed by atoms with Gasteiger partial charge < -0.3 is 5.32 Å². The zero-order valence-electron chi connectivity index (χ0n) is 12.2. The first-order chi connectivity index (χ1) is 9.64. The molecular weight excluding hydrogens is 268 g/mol. The van der Waals surface area contributed by atoms with Gasteiger partial charge in [0.1, 0.15) is 5.54 Å². The van der Waals surface area contributed by atoms with Crippen LogP contribution < -0.4 is 5.32 Å². The van der Waals surface area contributed by atoms with Crippen molar-refractivity contribution >= 4 is 17.2 Å². The predicted molar refractivity (Wildman–Crippen MR) is 81.8 cm³/mol. The number of nitrogens with one attached hydrogen (secondary N) is 1. The van der Waals surface area contributed by atoms with E-state index in [0.717, 1.165) is 42.5 Å². The fourth-order valence-corrected chi connectivity index (χ4v) is 3.82. The van der Waals surface area contributed by atoms with Crippen LogP contribution in [0.15, 0.2) is 11.4 Å². The summed E-state index contributed by atoms with van der Waals surface area (Å²) in [4.78, 5) is 13.2. The summed E-state index contributed by atoms with van der Waals surface area (Å²) in [5.41, 5.74) is 0.417. The second-order valence-corrected chi connectivity index (χ2v) is 6.54. The van der Waals surface area contributed by atoms with E-state index in [4.69, 9.17) is 0 Å². The Labute approximate surface area is 125 Å². The maximum absolute atomic E-state index is 12.4. The highest BCUT2D eigenvalue weighted by Gasteiger charge is 2.37. The van der Waals surface area contributed by atoms with Crippen LogP contribution in [-0.4, -0.2) is 11.4 Å². The van der Waals surface area contributed by atoms with Gasteiger partial charge in [0.15, 0.2) is 0 Å². The number of amides is 1. The highest BCUT2D eigenvalue weighted by atomic mass is 32.1. The van der Waals surface area contributed by atoms with Crippen molar-refractivity contribution in [3.05, 3.63) is 21.9 Å². The molecule has 0 aromatic carbocycles. The molecule has 0 saturated heterocycles. The van der Waals surface area contributed by atoms with Crippen LogP contribution in [0.25, 0.3) is 0 Å². The van der Waals surface area contributed by atoms with E-state index in [-0.39, 0.29) is 5.91 Å². The number of carbonyl (C=O) groups is 1. The van der Waals surface area contributed by atoms with Crippen LogP contribution in [0.5, 0.6) is 0 Å². The van der Waals surface area contributed by atoms with Crippen LogP contribution in [-0.2, 0) is 6.42 Å². The van der Waals surface area contributed by atoms with E-state index in [1.807, 2.05) is 18.4 Å². The maximum atomic E-state index is 12.4. The molecule has 108 valence electrons. The summed E-state index contributed by atoms with van der Waals surface area (Å²) in [6.07, 6.45) is 5.65. The Morgan fingerprint density at radius 1 is 1.50 bits per heavy atom. The van der Waals surface area contributed by atoms with Crippen LogP contribution in [0, 0.1) is 17.2 Å². The van der Waals surface area contributed by atoms with E-state index in [0.29, 0.717) is 5.92 Å². The number of rotatable bonds is 4. The quantitative estimate of drug-likeness (QED) is 0.914. The summed E-state index contributed by atoms with van der Waals surface area (Å²) in [5.74, 6) is 0.634. The summed E-state index contributed by atoms with van der Waals surface area (Å²) in [7, 11) is 0. The van der Waals surface area contributed by atoms with Crippen molar-refractivity contribution in [2.24, 2.45) is 5.92 Å². The summed E-state index contributed by atoms with van der Waals surface area (Å²) < 4.78 is 0. The molecule has 1 heterocycles. The Morgan fingerprint density at radius 3 is 2.75 bits per heavy atom. The van der Waals surface area contributed by atoms with E-state index in [9.17, 15) is 10.1 Å². The minimum atomic E-state index is -0.655. The molecule has 0 aliphatic heterocycles. The zero-order valence-corrected chi connectivity index (χ0v) is 13.1. The summed E-state index contributed by atoms with van der Waals surface area (Å²) >= 11 is 1.46. The molecule has 1 aliphatic carbocycles. The number of carbonyl (C=O) groups excluding carboxylic acids is 1. The van der Waals surface area contributed by atoms with E-state index in [1.165, 1.54) is 17.8 Å². The van der Waals surface area contributed by atoms with Gasteiger partial charge in [-0.25, -0.2) is 0 Å². The number of aryl methyl sites for hydroxylation is 1. The van der Waals surface area contributed by atoms with Gasteiger partial charge in [0.2, 0.25) is 0 Å². The van der Waals surface area contributed by atoms with Gasteiger partial charge >= 0.3 is 0 Å². The molecule has 1 aromatic rings. The number of hydrogen-bond acceptors (Lipinski definition) is 3. The predicted octanol–water partition coefficient (Wildman–Crippen LogP) is 3.90. The number of hydrogen-bond donors (Lipinski definition) is 1. The van der Waals surface area contributed by atoms with Crippen molar-refractivity contribution in [2.75, 3.05) is 0 Å². The molecule has 1 saturated carbocycles. The molecule has 1 N–H and O–H groups in total. The lowest BCUT2D eigenvalue weighted by molar-refractivity contribution is 0.0894. The van der Waals surface area contributed by atoms with Gasteiger partial charge in [0.05, 0.1) is 10.9 Å². The Hall–Kier alpha value is -1.34.